The molecular formula is C13H21NOS. The Labute approximate surface area is 101 Å². The van der Waals surface area contributed by atoms with Gasteiger partial charge in [-0.2, -0.15) is 0 Å². The molecule has 0 saturated heterocycles. The maximum Gasteiger partial charge on any atom is 0.0975 e. The molecule has 0 radical (unpaired) electrons. The van der Waals surface area contributed by atoms with E-state index in [1.165, 1.54) is 11.1 Å². The summed E-state index contributed by atoms with van der Waals surface area (Å²) in [6.45, 7) is 10.0. The van der Waals surface area contributed by atoms with E-state index in [1.807, 2.05) is 33.8 Å². The number of benzene rings is 1. The van der Waals surface area contributed by atoms with Gasteiger partial charge in [0, 0.05) is 6.04 Å². The Balaban J connectivity index is 2.73. The molecule has 90 valence electrons. The molecule has 0 saturated carbocycles. The van der Waals surface area contributed by atoms with Gasteiger partial charge < -0.3 is 0 Å². The van der Waals surface area contributed by atoms with E-state index in [0.29, 0.717) is 0 Å². The average Bonchev–Trinajstić information content (AvgIpc) is 2.16. The molecule has 0 heterocycles. The highest BCUT2D eigenvalue weighted by Gasteiger charge is 2.21. The third kappa shape index (κ3) is 3.72. The van der Waals surface area contributed by atoms with E-state index in [0.717, 1.165) is 0 Å². The van der Waals surface area contributed by atoms with Crippen molar-refractivity contribution in [2.24, 2.45) is 0 Å². The van der Waals surface area contributed by atoms with Crippen LogP contribution in [0.1, 0.15) is 44.9 Å². The summed E-state index contributed by atoms with van der Waals surface area (Å²) >= 11 is 0. The number of nitrogens with one attached hydrogen (secondary N) is 1. The van der Waals surface area contributed by atoms with Gasteiger partial charge in [-0.05, 0) is 40.2 Å². The van der Waals surface area contributed by atoms with Crippen LogP contribution >= 0.6 is 0 Å². The summed E-state index contributed by atoms with van der Waals surface area (Å²) in [5, 5.41) is 0. The lowest BCUT2D eigenvalue weighted by atomic mass is 10.1. The fourth-order valence-corrected chi connectivity index (χ4v) is 2.16. The lowest BCUT2D eigenvalue weighted by Gasteiger charge is -2.22. The van der Waals surface area contributed by atoms with Crippen molar-refractivity contribution in [3.63, 3.8) is 0 Å². The lowest BCUT2D eigenvalue weighted by Crippen LogP contribution is -2.34. The number of aryl methyl sites for hydroxylation is 1. The Bertz CT molecular complexity index is 382. The second-order valence-corrected chi connectivity index (χ2v) is 7.13. The highest BCUT2D eigenvalue weighted by molar-refractivity contribution is 7.84. The molecule has 0 aliphatic carbocycles. The summed E-state index contributed by atoms with van der Waals surface area (Å²) < 4.78 is 14.8. The van der Waals surface area contributed by atoms with E-state index < -0.39 is 11.0 Å². The minimum atomic E-state index is -1.02. The van der Waals surface area contributed by atoms with Crippen LogP contribution in [0.15, 0.2) is 24.3 Å². The molecule has 0 aromatic heterocycles. The zero-order chi connectivity index (χ0) is 12.3. The smallest absolute Gasteiger partial charge is 0.0975 e. The second kappa shape index (κ2) is 5.11. The summed E-state index contributed by atoms with van der Waals surface area (Å²) in [6.07, 6.45) is 0. The van der Waals surface area contributed by atoms with Crippen molar-refractivity contribution >= 4 is 11.0 Å². The molecule has 2 atom stereocenters. The first-order valence-corrected chi connectivity index (χ1v) is 6.70. The van der Waals surface area contributed by atoms with E-state index in [1.54, 1.807) is 0 Å². The molecule has 1 rings (SSSR count). The predicted octanol–water partition coefficient (Wildman–Crippen LogP) is 3.11. The SMILES string of the molecule is Cc1cccc([C@@H](C)N[S@@](=O)C(C)(C)C)c1. The molecule has 1 aromatic carbocycles. The number of rotatable bonds is 3. The summed E-state index contributed by atoms with van der Waals surface area (Å²) in [5.74, 6) is 0. The van der Waals surface area contributed by atoms with Crippen molar-refractivity contribution < 1.29 is 4.21 Å². The van der Waals surface area contributed by atoms with Crippen molar-refractivity contribution in [1.29, 1.82) is 0 Å². The predicted molar refractivity (Wildman–Crippen MR) is 70.6 cm³/mol. The zero-order valence-corrected chi connectivity index (χ0v) is 11.5. The standard InChI is InChI=1S/C13H21NOS/c1-10-7-6-8-12(9-10)11(2)14-16(15)13(3,4)5/h6-9,11,14H,1-5H3/t11-,16+/m1/s1. The summed E-state index contributed by atoms with van der Waals surface area (Å²) in [5.41, 5.74) is 2.41. The van der Waals surface area contributed by atoms with Crippen molar-refractivity contribution in [3.8, 4) is 0 Å². The first kappa shape index (κ1) is 13.4. The van der Waals surface area contributed by atoms with Gasteiger partial charge in [0.15, 0.2) is 0 Å². The molecule has 0 aliphatic heterocycles. The van der Waals surface area contributed by atoms with Gasteiger partial charge in [-0.15, -0.1) is 0 Å². The molecule has 0 spiro atoms. The van der Waals surface area contributed by atoms with Crippen LogP contribution in [-0.2, 0) is 11.0 Å². The highest BCUT2D eigenvalue weighted by Crippen LogP contribution is 2.17. The van der Waals surface area contributed by atoms with Gasteiger partial charge in [-0.25, -0.2) is 8.93 Å². The largest absolute Gasteiger partial charge is 0.242 e. The summed E-state index contributed by atoms with van der Waals surface area (Å²) in [4.78, 5) is 0. The molecule has 3 heteroatoms. The van der Waals surface area contributed by atoms with Crippen molar-refractivity contribution in [2.45, 2.75) is 45.4 Å². The van der Waals surface area contributed by atoms with Crippen molar-refractivity contribution in [3.05, 3.63) is 35.4 Å². The maximum atomic E-state index is 11.9. The Morgan fingerprint density at radius 3 is 2.44 bits per heavy atom. The monoisotopic (exact) mass is 239 g/mol. The van der Waals surface area contributed by atoms with Gasteiger partial charge in [0.2, 0.25) is 0 Å². The lowest BCUT2D eigenvalue weighted by molar-refractivity contribution is 0.616. The normalized spacial score (nSPS) is 15.8. The van der Waals surface area contributed by atoms with Crippen LogP contribution in [0.2, 0.25) is 0 Å². The zero-order valence-electron chi connectivity index (χ0n) is 10.7. The van der Waals surface area contributed by atoms with Crippen LogP contribution < -0.4 is 4.72 Å². The molecular weight excluding hydrogens is 218 g/mol. The third-order valence-corrected chi connectivity index (χ3v) is 4.06. The first-order chi connectivity index (χ1) is 7.30. The first-order valence-electron chi connectivity index (χ1n) is 5.55. The topological polar surface area (TPSA) is 29.1 Å². The average molecular weight is 239 g/mol. The van der Waals surface area contributed by atoms with E-state index in [2.05, 4.69) is 29.8 Å². The molecule has 0 amide bonds. The quantitative estimate of drug-likeness (QED) is 0.862. The van der Waals surface area contributed by atoms with E-state index in [9.17, 15) is 4.21 Å². The van der Waals surface area contributed by atoms with E-state index in [4.69, 9.17) is 0 Å². The molecule has 16 heavy (non-hydrogen) atoms. The maximum absolute atomic E-state index is 11.9. The van der Waals surface area contributed by atoms with Crippen LogP contribution in [0.3, 0.4) is 0 Å². The molecule has 0 fully saturated rings. The summed E-state index contributed by atoms with van der Waals surface area (Å²) in [7, 11) is -1.02. The Kier molecular flexibility index (Phi) is 4.28. The Morgan fingerprint density at radius 2 is 1.94 bits per heavy atom. The molecule has 0 unspecified atom stereocenters. The third-order valence-electron chi connectivity index (χ3n) is 2.38. The van der Waals surface area contributed by atoms with E-state index in [-0.39, 0.29) is 10.8 Å². The molecule has 1 aromatic rings. The molecule has 0 aliphatic rings. The van der Waals surface area contributed by atoms with E-state index >= 15 is 0 Å². The fraction of sp³-hybridized carbons (Fsp3) is 0.538. The molecule has 1 N–H and O–H groups in total. The van der Waals surface area contributed by atoms with Crippen LogP contribution in [0.25, 0.3) is 0 Å². The molecule has 2 nitrogen and oxygen atoms in total. The van der Waals surface area contributed by atoms with Crippen LogP contribution in [0, 0.1) is 6.92 Å². The minimum absolute atomic E-state index is 0.111. The van der Waals surface area contributed by atoms with Gasteiger partial charge in [0.05, 0.1) is 15.7 Å². The Hall–Kier alpha value is -0.670. The van der Waals surface area contributed by atoms with Gasteiger partial charge in [-0.3, -0.25) is 0 Å². The number of hydrogen-bond donors (Lipinski definition) is 1. The van der Waals surface area contributed by atoms with Gasteiger partial charge in [0.25, 0.3) is 0 Å². The number of hydrogen-bond acceptors (Lipinski definition) is 1. The van der Waals surface area contributed by atoms with Crippen LogP contribution in [-0.4, -0.2) is 8.96 Å². The second-order valence-electron chi connectivity index (χ2n) is 5.13. The molecule has 0 bridgehead atoms. The van der Waals surface area contributed by atoms with Gasteiger partial charge >= 0.3 is 0 Å². The highest BCUT2D eigenvalue weighted by atomic mass is 32.2. The van der Waals surface area contributed by atoms with Crippen molar-refractivity contribution in [2.75, 3.05) is 0 Å². The van der Waals surface area contributed by atoms with Gasteiger partial charge in [-0.1, -0.05) is 29.8 Å². The fourth-order valence-electron chi connectivity index (χ4n) is 1.34. The van der Waals surface area contributed by atoms with Crippen molar-refractivity contribution in [1.82, 2.24) is 4.72 Å². The minimum Gasteiger partial charge on any atom is -0.242 e. The van der Waals surface area contributed by atoms with Gasteiger partial charge in [0.1, 0.15) is 0 Å². The Morgan fingerprint density at radius 1 is 1.31 bits per heavy atom. The van der Waals surface area contributed by atoms with Crippen LogP contribution in [0.4, 0.5) is 0 Å². The van der Waals surface area contributed by atoms with Crippen LogP contribution in [0.5, 0.6) is 0 Å². The summed E-state index contributed by atoms with van der Waals surface area (Å²) in [6, 6.07) is 8.39.